The number of hydrogen-bond acceptors (Lipinski definition) is 1. The predicted octanol–water partition coefficient (Wildman–Crippen LogP) is 2.99. The monoisotopic (exact) mass is 214 g/mol. The zero-order valence-corrected chi connectivity index (χ0v) is 10.1. The lowest BCUT2D eigenvalue weighted by atomic mass is 9.92. The van der Waals surface area contributed by atoms with Crippen molar-refractivity contribution in [3.63, 3.8) is 0 Å². The second kappa shape index (κ2) is 3.36. The van der Waals surface area contributed by atoms with Gasteiger partial charge in [-0.3, -0.25) is 0 Å². The Bertz CT molecular complexity index is 551. The zero-order valence-electron chi connectivity index (χ0n) is 10.1. The standard InChI is InChI=1S/C14H18N2/c1-8-4-9(2)13-11(5-8)16-12-7-15-6-10(3)14(12)13/h4-5,10,15-16H,6-7H2,1-3H3. The minimum atomic E-state index is 0.610. The lowest BCUT2D eigenvalue weighted by molar-refractivity contribution is 0.568. The molecule has 0 spiro atoms. The third-order valence-corrected chi connectivity index (χ3v) is 3.60. The maximum absolute atomic E-state index is 3.57. The van der Waals surface area contributed by atoms with Crippen molar-refractivity contribution in [2.75, 3.05) is 6.54 Å². The molecule has 0 radical (unpaired) electrons. The van der Waals surface area contributed by atoms with E-state index in [9.17, 15) is 0 Å². The van der Waals surface area contributed by atoms with Gasteiger partial charge in [-0.05, 0) is 42.5 Å². The molecule has 2 heterocycles. The molecule has 16 heavy (non-hydrogen) atoms. The number of aromatic nitrogens is 1. The molecule has 0 bridgehead atoms. The highest BCUT2D eigenvalue weighted by atomic mass is 14.9. The molecule has 2 aromatic rings. The topological polar surface area (TPSA) is 27.8 Å². The third-order valence-electron chi connectivity index (χ3n) is 3.60. The maximum atomic E-state index is 3.57. The van der Waals surface area contributed by atoms with E-state index in [0.717, 1.165) is 13.1 Å². The fraction of sp³-hybridized carbons (Fsp3) is 0.429. The number of H-pyrrole nitrogens is 1. The Labute approximate surface area is 96.1 Å². The Morgan fingerprint density at radius 1 is 1.25 bits per heavy atom. The van der Waals surface area contributed by atoms with Gasteiger partial charge in [0, 0.05) is 29.7 Å². The van der Waals surface area contributed by atoms with Crippen molar-refractivity contribution in [1.29, 1.82) is 0 Å². The van der Waals surface area contributed by atoms with E-state index < -0.39 is 0 Å². The lowest BCUT2D eigenvalue weighted by Crippen LogP contribution is -2.26. The molecule has 0 fully saturated rings. The molecule has 3 rings (SSSR count). The summed E-state index contributed by atoms with van der Waals surface area (Å²) in [7, 11) is 0. The van der Waals surface area contributed by atoms with E-state index in [1.165, 1.54) is 33.3 Å². The summed E-state index contributed by atoms with van der Waals surface area (Å²) in [6.45, 7) is 8.75. The van der Waals surface area contributed by atoms with Crippen LogP contribution in [0.3, 0.4) is 0 Å². The van der Waals surface area contributed by atoms with Gasteiger partial charge in [-0.15, -0.1) is 0 Å². The van der Waals surface area contributed by atoms with Crippen LogP contribution in [0, 0.1) is 13.8 Å². The Morgan fingerprint density at radius 2 is 2.06 bits per heavy atom. The normalized spacial score (nSPS) is 20.1. The van der Waals surface area contributed by atoms with Crippen molar-refractivity contribution < 1.29 is 0 Å². The molecule has 1 unspecified atom stereocenters. The number of rotatable bonds is 0. The molecule has 0 amide bonds. The quantitative estimate of drug-likeness (QED) is 0.693. The van der Waals surface area contributed by atoms with Gasteiger partial charge in [-0.2, -0.15) is 0 Å². The average Bonchev–Trinajstić information content (AvgIpc) is 2.56. The van der Waals surface area contributed by atoms with Gasteiger partial charge >= 0.3 is 0 Å². The van der Waals surface area contributed by atoms with Gasteiger partial charge in [0.15, 0.2) is 0 Å². The second-order valence-electron chi connectivity index (χ2n) is 5.05. The van der Waals surface area contributed by atoms with Gasteiger partial charge in [0.25, 0.3) is 0 Å². The van der Waals surface area contributed by atoms with Crippen LogP contribution < -0.4 is 5.32 Å². The first kappa shape index (κ1) is 9.91. The third kappa shape index (κ3) is 1.30. The molecule has 0 saturated carbocycles. The van der Waals surface area contributed by atoms with Crippen molar-refractivity contribution >= 4 is 10.9 Å². The van der Waals surface area contributed by atoms with Crippen LogP contribution in [-0.4, -0.2) is 11.5 Å². The highest BCUT2D eigenvalue weighted by Gasteiger charge is 2.21. The fourth-order valence-corrected chi connectivity index (χ4v) is 3.00. The summed E-state index contributed by atoms with van der Waals surface area (Å²) < 4.78 is 0. The van der Waals surface area contributed by atoms with E-state index in [2.05, 4.69) is 43.2 Å². The molecule has 2 nitrogen and oxygen atoms in total. The van der Waals surface area contributed by atoms with Crippen LogP contribution in [-0.2, 0) is 6.54 Å². The van der Waals surface area contributed by atoms with E-state index in [-0.39, 0.29) is 0 Å². The smallest absolute Gasteiger partial charge is 0.0464 e. The first-order valence-corrected chi connectivity index (χ1v) is 5.99. The zero-order chi connectivity index (χ0) is 11.3. The highest BCUT2D eigenvalue weighted by molar-refractivity contribution is 5.89. The van der Waals surface area contributed by atoms with E-state index in [0.29, 0.717) is 5.92 Å². The number of nitrogens with one attached hydrogen (secondary N) is 2. The Morgan fingerprint density at radius 3 is 2.88 bits per heavy atom. The van der Waals surface area contributed by atoms with Gasteiger partial charge in [0.1, 0.15) is 0 Å². The molecule has 84 valence electrons. The largest absolute Gasteiger partial charge is 0.357 e. The van der Waals surface area contributed by atoms with E-state index in [4.69, 9.17) is 0 Å². The van der Waals surface area contributed by atoms with Crippen LogP contribution in [0.2, 0.25) is 0 Å². The van der Waals surface area contributed by atoms with Crippen LogP contribution >= 0.6 is 0 Å². The molecule has 2 N–H and O–H groups in total. The van der Waals surface area contributed by atoms with Crippen LogP contribution in [0.1, 0.15) is 35.2 Å². The van der Waals surface area contributed by atoms with Crippen molar-refractivity contribution in [2.45, 2.75) is 33.2 Å². The molecule has 1 aromatic heterocycles. The van der Waals surface area contributed by atoms with Crippen LogP contribution in [0.5, 0.6) is 0 Å². The van der Waals surface area contributed by atoms with E-state index in [1.54, 1.807) is 0 Å². The van der Waals surface area contributed by atoms with Gasteiger partial charge in [-0.25, -0.2) is 0 Å². The average molecular weight is 214 g/mol. The number of hydrogen-bond donors (Lipinski definition) is 2. The van der Waals surface area contributed by atoms with Crippen molar-refractivity contribution in [3.8, 4) is 0 Å². The second-order valence-corrected chi connectivity index (χ2v) is 5.05. The molecule has 1 atom stereocenters. The Balaban J connectivity index is 2.38. The predicted molar refractivity (Wildman–Crippen MR) is 67.9 cm³/mol. The summed E-state index contributed by atoms with van der Waals surface area (Å²) in [4.78, 5) is 3.57. The van der Waals surface area contributed by atoms with Gasteiger partial charge in [-0.1, -0.05) is 13.0 Å². The molecule has 1 aromatic carbocycles. The molecule has 2 heteroatoms. The van der Waals surface area contributed by atoms with Gasteiger partial charge in [0.05, 0.1) is 0 Å². The summed E-state index contributed by atoms with van der Waals surface area (Å²) in [6, 6.07) is 4.54. The molecular weight excluding hydrogens is 196 g/mol. The molecule has 0 saturated heterocycles. The van der Waals surface area contributed by atoms with Gasteiger partial charge in [0.2, 0.25) is 0 Å². The van der Waals surface area contributed by atoms with Crippen molar-refractivity contribution in [3.05, 3.63) is 34.5 Å². The summed E-state index contributed by atoms with van der Waals surface area (Å²) >= 11 is 0. The summed E-state index contributed by atoms with van der Waals surface area (Å²) in [5, 5.41) is 4.91. The number of benzene rings is 1. The number of aromatic amines is 1. The highest BCUT2D eigenvalue weighted by Crippen LogP contribution is 2.34. The van der Waals surface area contributed by atoms with Crippen molar-refractivity contribution in [2.24, 2.45) is 0 Å². The minimum absolute atomic E-state index is 0.610. The number of aryl methyl sites for hydroxylation is 2. The summed E-state index contributed by atoms with van der Waals surface area (Å²) in [5.74, 6) is 0.610. The van der Waals surface area contributed by atoms with E-state index in [1.807, 2.05) is 0 Å². The van der Waals surface area contributed by atoms with Crippen LogP contribution in [0.25, 0.3) is 10.9 Å². The summed E-state index contributed by atoms with van der Waals surface area (Å²) in [5.41, 5.74) is 6.96. The maximum Gasteiger partial charge on any atom is 0.0464 e. The van der Waals surface area contributed by atoms with Crippen molar-refractivity contribution in [1.82, 2.24) is 10.3 Å². The fourth-order valence-electron chi connectivity index (χ4n) is 3.00. The summed E-state index contributed by atoms with van der Waals surface area (Å²) in [6.07, 6.45) is 0. The Kier molecular flexibility index (Phi) is 2.08. The van der Waals surface area contributed by atoms with Gasteiger partial charge < -0.3 is 10.3 Å². The Hall–Kier alpha value is -1.28. The minimum Gasteiger partial charge on any atom is -0.357 e. The van der Waals surface area contributed by atoms with Crippen LogP contribution in [0.15, 0.2) is 12.1 Å². The SMILES string of the molecule is Cc1cc(C)c2c3c([nH]c2c1)CNCC3C. The molecule has 1 aliphatic heterocycles. The van der Waals surface area contributed by atoms with E-state index >= 15 is 0 Å². The van der Waals surface area contributed by atoms with Crippen LogP contribution in [0.4, 0.5) is 0 Å². The molecule has 0 aliphatic carbocycles. The first-order chi connectivity index (χ1) is 7.66. The molecule has 1 aliphatic rings. The lowest BCUT2D eigenvalue weighted by Gasteiger charge is -2.20. The number of fused-ring (bicyclic) bond motifs is 3. The molecular formula is C14H18N2. The first-order valence-electron chi connectivity index (χ1n) is 5.99.